The van der Waals surface area contributed by atoms with Gasteiger partial charge in [0.05, 0.1) is 41.8 Å². The third kappa shape index (κ3) is 3.78. The first kappa shape index (κ1) is 21.0. The molecule has 1 aromatic carbocycles. The maximum Gasteiger partial charge on any atom is 0.296 e. The second-order valence-corrected chi connectivity index (χ2v) is 7.57. The van der Waals surface area contributed by atoms with Gasteiger partial charge < -0.3 is 19.2 Å². The van der Waals surface area contributed by atoms with Crippen molar-refractivity contribution in [2.45, 2.75) is 12.6 Å². The molecule has 0 spiro atoms. The number of ether oxygens (including phenoxy) is 1. The first-order valence-corrected chi connectivity index (χ1v) is 9.93. The Morgan fingerprint density at radius 2 is 2.03 bits per heavy atom. The summed E-state index contributed by atoms with van der Waals surface area (Å²) >= 11 is 12.3. The molecule has 0 aliphatic carbocycles. The number of carbonyl (C=O) groups is 2. The minimum atomic E-state index is -0.950. The van der Waals surface area contributed by atoms with Crippen molar-refractivity contribution in [2.75, 3.05) is 7.11 Å². The van der Waals surface area contributed by atoms with Crippen molar-refractivity contribution in [3.05, 3.63) is 87.6 Å². The van der Waals surface area contributed by atoms with Crippen molar-refractivity contribution < 1.29 is 23.8 Å². The standard InChI is InChI=1S/C22H16Cl2N2O5/c1-30-21-14(9-12(23)10-15(21)24)19(27)17-18(16-6-2-3-7-25-16)26(22(29)20(17)28)11-13-5-4-8-31-13/h2-10,18,27H,11H2,1H3/b19-17+. The summed E-state index contributed by atoms with van der Waals surface area (Å²) in [6, 6.07) is 10.4. The fraction of sp³-hybridized carbons (Fsp3) is 0.136. The number of halogens is 2. The van der Waals surface area contributed by atoms with Crippen molar-refractivity contribution in [1.82, 2.24) is 9.88 Å². The van der Waals surface area contributed by atoms with E-state index in [4.69, 9.17) is 32.4 Å². The average Bonchev–Trinajstić information content (AvgIpc) is 3.36. The van der Waals surface area contributed by atoms with Gasteiger partial charge >= 0.3 is 0 Å². The third-order valence-corrected chi connectivity index (χ3v) is 5.38. The molecule has 1 fully saturated rings. The molecule has 7 nitrogen and oxygen atoms in total. The molecule has 1 N–H and O–H groups in total. The molecular weight excluding hydrogens is 443 g/mol. The molecule has 31 heavy (non-hydrogen) atoms. The Labute approximate surface area is 187 Å². The molecule has 3 aromatic rings. The number of hydrogen-bond acceptors (Lipinski definition) is 6. The van der Waals surface area contributed by atoms with Gasteiger partial charge in [0.1, 0.15) is 23.3 Å². The van der Waals surface area contributed by atoms with Gasteiger partial charge in [-0.1, -0.05) is 29.3 Å². The highest BCUT2D eigenvalue weighted by Gasteiger charge is 2.47. The van der Waals surface area contributed by atoms with Crippen molar-refractivity contribution >= 4 is 40.7 Å². The molecule has 4 rings (SSSR count). The van der Waals surface area contributed by atoms with E-state index in [1.807, 2.05) is 0 Å². The molecule has 1 saturated heterocycles. The summed E-state index contributed by atoms with van der Waals surface area (Å²) in [5.41, 5.74) is 0.353. The quantitative estimate of drug-likeness (QED) is 0.340. The Hall–Kier alpha value is -3.29. The van der Waals surface area contributed by atoms with Gasteiger partial charge in [-0.3, -0.25) is 14.6 Å². The van der Waals surface area contributed by atoms with E-state index in [1.54, 1.807) is 36.5 Å². The van der Waals surface area contributed by atoms with Crippen LogP contribution in [0, 0.1) is 0 Å². The van der Waals surface area contributed by atoms with Crippen molar-refractivity contribution in [3.63, 3.8) is 0 Å². The topological polar surface area (TPSA) is 92.9 Å². The SMILES string of the molecule is COc1c(Cl)cc(Cl)cc1/C(O)=C1\C(=O)C(=O)N(Cc2ccco2)C1c1ccccn1. The molecule has 0 bridgehead atoms. The monoisotopic (exact) mass is 458 g/mol. The Balaban J connectivity index is 1.93. The van der Waals surface area contributed by atoms with E-state index in [9.17, 15) is 14.7 Å². The van der Waals surface area contributed by atoms with Crippen LogP contribution in [0.5, 0.6) is 5.75 Å². The van der Waals surface area contributed by atoms with Crippen LogP contribution in [0.25, 0.3) is 5.76 Å². The minimum Gasteiger partial charge on any atom is -0.507 e. The molecule has 3 heterocycles. The smallest absolute Gasteiger partial charge is 0.296 e. The number of rotatable bonds is 5. The molecule has 1 amide bonds. The molecule has 9 heteroatoms. The largest absolute Gasteiger partial charge is 0.507 e. The number of methoxy groups -OCH3 is 1. The number of carbonyl (C=O) groups excluding carboxylic acids is 2. The normalized spacial score (nSPS) is 17.9. The number of furan rings is 1. The van der Waals surface area contributed by atoms with Crippen LogP contribution in [0.15, 0.2) is 64.9 Å². The first-order valence-electron chi connectivity index (χ1n) is 9.17. The zero-order chi connectivity index (χ0) is 22.1. The van der Waals surface area contributed by atoms with Crippen LogP contribution in [0.3, 0.4) is 0 Å². The molecule has 1 aliphatic heterocycles. The highest BCUT2D eigenvalue weighted by Crippen LogP contribution is 2.43. The number of hydrogen-bond donors (Lipinski definition) is 1. The van der Waals surface area contributed by atoms with Gasteiger partial charge in [-0.05, 0) is 36.4 Å². The average molecular weight is 459 g/mol. The zero-order valence-electron chi connectivity index (χ0n) is 16.2. The lowest BCUT2D eigenvalue weighted by Crippen LogP contribution is -2.29. The number of ketones is 1. The van der Waals surface area contributed by atoms with E-state index in [0.717, 1.165) is 0 Å². The van der Waals surface area contributed by atoms with Gasteiger partial charge in [0.25, 0.3) is 11.7 Å². The van der Waals surface area contributed by atoms with Gasteiger partial charge in [-0.2, -0.15) is 0 Å². The van der Waals surface area contributed by atoms with E-state index in [1.165, 1.54) is 30.4 Å². The second-order valence-electron chi connectivity index (χ2n) is 6.73. The van der Waals surface area contributed by atoms with Crippen molar-refractivity contribution in [2.24, 2.45) is 0 Å². The van der Waals surface area contributed by atoms with Gasteiger partial charge in [0.2, 0.25) is 0 Å². The van der Waals surface area contributed by atoms with Crippen LogP contribution >= 0.6 is 23.2 Å². The summed E-state index contributed by atoms with van der Waals surface area (Å²) in [6.45, 7) is 0.0169. The van der Waals surface area contributed by atoms with Gasteiger partial charge in [-0.15, -0.1) is 0 Å². The fourth-order valence-electron chi connectivity index (χ4n) is 3.55. The zero-order valence-corrected chi connectivity index (χ0v) is 17.7. The number of Topliss-reactive ketones (excluding diaryl/α,β-unsaturated/α-hetero) is 1. The molecule has 1 atom stereocenters. The third-order valence-electron chi connectivity index (χ3n) is 4.88. The highest BCUT2D eigenvalue weighted by atomic mass is 35.5. The lowest BCUT2D eigenvalue weighted by molar-refractivity contribution is -0.140. The van der Waals surface area contributed by atoms with Crippen LogP contribution in [0.1, 0.15) is 23.1 Å². The van der Waals surface area contributed by atoms with E-state index >= 15 is 0 Å². The van der Waals surface area contributed by atoms with Crippen molar-refractivity contribution in [3.8, 4) is 5.75 Å². The maximum absolute atomic E-state index is 13.0. The number of benzene rings is 1. The summed E-state index contributed by atoms with van der Waals surface area (Å²) < 4.78 is 10.7. The number of aliphatic hydroxyl groups excluding tert-OH is 1. The van der Waals surface area contributed by atoms with E-state index in [2.05, 4.69) is 4.98 Å². The lowest BCUT2D eigenvalue weighted by atomic mass is 9.98. The molecule has 158 valence electrons. The van der Waals surface area contributed by atoms with Crippen LogP contribution in [0.4, 0.5) is 0 Å². The Kier molecular flexibility index (Phi) is 5.71. The fourth-order valence-corrected chi connectivity index (χ4v) is 4.12. The Morgan fingerprint density at radius 1 is 1.23 bits per heavy atom. The minimum absolute atomic E-state index is 0.0169. The number of likely N-dealkylation sites (tertiary alicyclic amines) is 1. The summed E-state index contributed by atoms with van der Waals surface area (Å²) in [7, 11) is 1.37. The first-order chi connectivity index (χ1) is 14.9. The predicted octanol–water partition coefficient (Wildman–Crippen LogP) is 4.61. The van der Waals surface area contributed by atoms with Crippen LogP contribution in [0.2, 0.25) is 10.0 Å². The second kappa shape index (κ2) is 8.45. The number of pyridine rings is 1. The highest BCUT2D eigenvalue weighted by molar-refractivity contribution is 6.46. The van der Waals surface area contributed by atoms with E-state index in [-0.39, 0.29) is 33.5 Å². The summed E-state index contributed by atoms with van der Waals surface area (Å²) in [5.74, 6) is -1.51. The predicted molar refractivity (Wildman–Crippen MR) is 114 cm³/mol. The maximum atomic E-state index is 13.0. The molecule has 0 radical (unpaired) electrons. The Bertz CT molecular complexity index is 1180. The number of aromatic nitrogens is 1. The number of nitrogens with zero attached hydrogens (tertiary/aromatic N) is 2. The lowest BCUT2D eigenvalue weighted by Gasteiger charge is -2.23. The van der Waals surface area contributed by atoms with Crippen LogP contribution in [-0.4, -0.2) is 33.8 Å². The van der Waals surface area contributed by atoms with Gasteiger partial charge in [-0.25, -0.2) is 0 Å². The van der Waals surface area contributed by atoms with Gasteiger partial charge in [0, 0.05) is 11.2 Å². The summed E-state index contributed by atoms with van der Waals surface area (Å²) in [6.07, 6.45) is 3.01. The van der Waals surface area contributed by atoms with Crippen LogP contribution in [-0.2, 0) is 16.1 Å². The Morgan fingerprint density at radius 3 is 2.68 bits per heavy atom. The molecule has 0 saturated carbocycles. The summed E-state index contributed by atoms with van der Waals surface area (Å²) in [5, 5.41) is 11.6. The molecule has 2 aromatic heterocycles. The molecular formula is C22H16Cl2N2O5. The number of aliphatic hydroxyl groups is 1. The van der Waals surface area contributed by atoms with E-state index in [0.29, 0.717) is 11.5 Å². The molecule has 1 unspecified atom stereocenters. The van der Waals surface area contributed by atoms with Crippen LogP contribution < -0.4 is 4.74 Å². The number of amides is 1. The summed E-state index contributed by atoms with van der Waals surface area (Å²) in [4.78, 5) is 31.6. The van der Waals surface area contributed by atoms with Gasteiger partial charge in [0.15, 0.2) is 0 Å². The van der Waals surface area contributed by atoms with E-state index < -0.39 is 23.5 Å². The van der Waals surface area contributed by atoms with Crippen molar-refractivity contribution in [1.29, 1.82) is 0 Å². The molecule has 1 aliphatic rings.